The van der Waals surface area contributed by atoms with E-state index >= 15 is 0 Å². The van der Waals surface area contributed by atoms with E-state index < -0.39 is 0 Å². The summed E-state index contributed by atoms with van der Waals surface area (Å²) in [5.41, 5.74) is 1.27. The van der Waals surface area contributed by atoms with E-state index in [1.165, 1.54) is 29.2 Å². The molecule has 2 aromatic carbocycles. The monoisotopic (exact) mass is 319 g/mol. The zero-order valence-corrected chi connectivity index (χ0v) is 14.2. The van der Waals surface area contributed by atoms with Crippen molar-refractivity contribution in [3.63, 3.8) is 0 Å². The molecule has 0 bridgehead atoms. The van der Waals surface area contributed by atoms with Crippen LogP contribution in [-0.2, 0) is 4.79 Å². The molecule has 1 unspecified atom stereocenters. The van der Waals surface area contributed by atoms with E-state index in [2.05, 4.69) is 59.5 Å². The average Bonchev–Trinajstić information content (AvgIpc) is 3.47. The Kier molecular flexibility index (Phi) is 4.38. The summed E-state index contributed by atoms with van der Waals surface area (Å²) >= 11 is 0. The number of fused-ring (bicyclic) bond motifs is 1. The third-order valence-electron chi connectivity index (χ3n) is 5.37. The third kappa shape index (κ3) is 3.24. The Hall–Kier alpha value is -2.09. The minimum absolute atomic E-state index is 0.340. The van der Waals surface area contributed by atoms with Gasteiger partial charge < -0.3 is 4.90 Å². The maximum atomic E-state index is 12.5. The van der Waals surface area contributed by atoms with Gasteiger partial charge in [0.25, 0.3) is 0 Å². The maximum absolute atomic E-state index is 12.5. The van der Waals surface area contributed by atoms with Crippen LogP contribution in [0.1, 0.15) is 44.1 Å². The molecule has 2 heteroatoms. The Labute approximate surface area is 144 Å². The molecular formula is C22H25NO. The van der Waals surface area contributed by atoms with Gasteiger partial charge in [0.15, 0.2) is 0 Å². The van der Waals surface area contributed by atoms with E-state index in [1.54, 1.807) is 0 Å². The van der Waals surface area contributed by atoms with Crippen LogP contribution < -0.4 is 0 Å². The highest BCUT2D eigenvalue weighted by Crippen LogP contribution is 2.34. The van der Waals surface area contributed by atoms with Crippen LogP contribution in [0.3, 0.4) is 0 Å². The Morgan fingerprint density at radius 3 is 2.75 bits per heavy atom. The average molecular weight is 319 g/mol. The minimum Gasteiger partial charge on any atom is -0.339 e. The van der Waals surface area contributed by atoms with Crippen molar-refractivity contribution >= 4 is 22.8 Å². The fourth-order valence-electron chi connectivity index (χ4n) is 3.85. The first-order valence-electron chi connectivity index (χ1n) is 9.28. The highest BCUT2D eigenvalue weighted by molar-refractivity contribution is 5.90. The summed E-state index contributed by atoms with van der Waals surface area (Å²) in [5.74, 6) is 0.755. The van der Waals surface area contributed by atoms with Gasteiger partial charge in [-0.05, 0) is 54.9 Å². The molecule has 1 aliphatic carbocycles. The first kappa shape index (κ1) is 15.4. The molecule has 0 spiro atoms. The number of rotatable bonds is 4. The lowest BCUT2D eigenvalue weighted by Gasteiger charge is -2.35. The van der Waals surface area contributed by atoms with Crippen LogP contribution in [0.5, 0.6) is 0 Å². The molecule has 4 rings (SSSR count). The highest BCUT2D eigenvalue weighted by atomic mass is 16.2. The molecule has 2 fully saturated rings. The number of carbonyl (C=O) groups excluding carboxylic acids is 1. The van der Waals surface area contributed by atoms with E-state index in [0.29, 0.717) is 17.9 Å². The van der Waals surface area contributed by atoms with Crippen molar-refractivity contribution in [2.45, 2.75) is 44.6 Å². The molecule has 1 aliphatic heterocycles. The number of benzene rings is 2. The van der Waals surface area contributed by atoms with E-state index in [9.17, 15) is 4.79 Å². The summed E-state index contributed by atoms with van der Waals surface area (Å²) in [6, 6.07) is 15.4. The topological polar surface area (TPSA) is 20.3 Å². The summed E-state index contributed by atoms with van der Waals surface area (Å²) in [4.78, 5) is 14.7. The van der Waals surface area contributed by atoms with Gasteiger partial charge in [-0.15, -0.1) is 0 Å². The zero-order chi connectivity index (χ0) is 16.4. The van der Waals surface area contributed by atoms with Crippen molar-refractivity contribution in [3.05, 3.63) is 54.1 Å². The molecule has 0 N–H and O–H groups in total. The second-order valence-corrected chi connectivity index (χ2v) is 7.16. The molecule has 24 heavy (non-hydrogen) atoms. The van der Waals surface area contributed by atoms with Crippen molar-refractivity contribution in [1.29, 1.82) is 0 Å². The number of amides is 1. The summed E-state index contributed by atoms with van der Waals surface area (Å²) in [5, 5.41) is 2.58. The van der Waals surface area contributed by atoms with E-state index in [1.807, 2.05) is 0 Å². The van der Waals surface area contributed by atoms with Crippen molar-refractivity contribution in [1.82, 2.24) is 4.90 Å². The van der Waals surface area contributed by atoms with Gasteiger partial charge in [0.2, 0.25) is 5.91 Å². The zero-order valence-electron chi connectivity index (χ0n) is 14.2. The van der Waals surface area contributed by atoms with Gasteiger partial charge in [-0.3, -0.25) is 4.79 Å². The maximum Gasteiger partial charge on any atom is 0.225 e. The first-order chi connectivity index (χ1) is 11.8. The molecule has 2 nitrogen and oxygen atoms in total. The number of carbonyl (C=O) groups is 1. The van der Waals surface area contributed by atoms with Crippen LogP contribution in [0, 0.1) is 5.92 Å². The summed E-state index contributed by atoms with van der Waals surface area (Å²) < 4.78 is 0. The SMILES string of the molecule is O=C(C1CC1)N1CCCCC1C/C=C/c1cccc2ccccc12. The largest absolute Gasteiger partial charge is 0.339 e. The predicted molar refractivity (Wildman–Crippen MR) is 99.7 cm³/mol. The first-order valence-corrected chi connectivity index (χ1v) is 9.28. The summed E-state index contributed by atoms with van der Waals surface area (Å²) in [6.45, 7) is 0.960. The van der Waals surface area contributed by atoms with Crippen LogP contribution in [0.4, 0.5) is 0 Å². The second-order valence-electron chi connectivity index (χ2n) is 7.16. The van der Waals surface area contributed by atoms with Gasteiger partial charge in [-0.1, -0.05) is 54.6 Å². The molecule has 2 aliphatic rings. The third-order valence-corrected chi connectivity index (χ3v) is 5.37. The van der Waals surface area contributed by atoms with Crippen molar-refractivity contribution in [2.75, 3.05) is 6.54 Å². The molecule has 1 saturated heterocycles. The molecule has 1 atom stereocenters. The van der Waals surface area contributed by atoms with Crippen LogP contribution in [0.2, 0.25) is 0 Å². The van der Waals surface area contributed by atoms with Crippen molar-refractivity contribution in [3.8, 4) is 0 Å². The molecule has 1 saturated carbocycles. The lowest BCUT2D eigenvalue weighted by molar-refractivity contribution is -0.136. The lowest BCUT2D eigenvalue weighted by Crippen LogP contribution is -2.44. The Bertz CT molecular complexity index is 754. The molecule has 2 aromatic rings. The number of nitrogens with zero attached hydrogens (tertiary/aromatic N) is 1. The fraction of sp³-hybridized carbons (Fsp3) is 0.409. The number of likely N-dealkylation sites (tertiary alicyclic amines) is 1. The van der Waals surface area contributed by atoms with E-state index in [0.717, 1.165) is 32.2 Å². The fourth-order valence-corrected chi connectivity index (χ4v) is 3.85. The number of piperidine rings is 1. The Morgan fingerprint density at radius 1 is 1.04 bits per heavy atom. The smallest absolute Gasteiger partial charge is 0.225 e. The predicted octanol–water partition coefficient (Wildman–Crippen LogP) is 5.03. The van der Waals surface area contributed by atoms with E-state index in [4.69, 9.17) is 0 Å². The van der Waals surface area contributed by atoms with Gasteiger partial charge in [-0.25, -0.2) is 0 Å². The standard InChI is InChI=1S/C22H25NO/c24-22(19-14-15-19)23-16-4-3-11-20(23)12-6-10-18-9-5-8-17-7-1-2-13-21(17)18/h1-2,5-10,13,19-20H,3-4,11-12,14-16H2/b10-6+. The summed E-state index contributed by atoms with van der Waals surface area (Å²) in [7, 11) is 0. The minimum atomic E-state index is 0.340. The summed E-state index contributed by atoms with van der Waals surface area (Å²) in [6.07, 6.45) is 11.3. The molecule has 124 valence electrons. The molecule has 1 amide bonds. The highest BCUT2D eigenvalue weighted by Gasteiger charge is 2.36. The van der Waals surface area contributed by atoms with Crippen LogP contribution >= 0.6 is 0 Å². The number of hydrogen-bond acceptors (Lipinski definition) is 1. The molecule has 1 heterocycles. The van der Waals surface area contributed by atoms with Gasteiger partial charge in [0.05, 0.1) is 0 Å². The van der Waals surface area contributed by atoms with Crippen LogP contribution in [0.25, 0.3) is 16.8 Å². The molecule has 0 aromatic heterocycles. The molecular weight excluding hydrogens is 294 g/mol. The van der Waals surface area contributed by atoms with Crippen LogP contribution in [0.15, 0.2) is 48.5 Å². The molecule has 0 radical (unpaired) electrons. The van der Waals surface area contributed by atoms with Crippen molar-refractivity contribution in [2.24, 2.45) is 5.92 Å². The van der Waals surface area contributed by atoms with Crippen LogP contribution in [-0.4, -0.2) is 23.4 Å². The Morgan fingerprint density at radius 2 is 1.88 bits per heavy atom. The van der Waals surface area contributed by atoms with Gasteiger partial charge in [0.1, 0.15) is 0 Å². The van der Waals surface area contributed by atoms with Gasteiger partial charge in [-0.2, -0.15) is 0 Å². The quantitative estimate of drug-likeness (QED) is 0.773. The Balaban J connectivity index is 1.48. The van der Waals surface area contributed by atoms with Gasteiger partial charge in [0, 0.05) is 18.5 Å². The lowest BCUT2D eigenvalue weighted by atomic mass is 9.97. The second kappa shape index (κ2) is 6.80. The number of hydrogen-bond donors (Lipinski definition) is 0. The normalized spacial score (nSPS) is 21.5. The van der Waals surface area contributed by atoms with E-state index in [-0.39, 0.29) is 0 Å². The van der Waals surface area contributed by atoms with Gasteiger partial charge >= 0.3 is 0 Å². The van der Waals surface area contributed by atoms with Crippen molar-refractivity contribution < 1.29 is 4.79 Å².